The van der Waals surface area contributed by atoms with Crippen LogP contribution in [0.25, 0.3) is 44.5 Å². The van der Waals surface area contributed by atoms with Crippen LogP contribution >= 0.6 is 0 Å². The smallest absolute Gasteiger partial charge is 0.227 e. The highest BCUT2D eigenvalue weighted by Crippen LogP contribution is 2.39. The second-order valence-corrected chi connectivity index (χ2v) is 7.43. The number of benzene rings is 2. The summed E-state index contributed by atoms with van der Waals surface area (Å²) in [5, 5.41) is 0.701. The first kappa shape index (κ1) is 11.1. The van der Waals surface area contributed by atoms with E-state index in [4.69, 9.17) is 16.8 Å². The molecule has 0 fully saturated rings. The summed E-state index contributed by atoms with van der Waals surface area (Å²) in [7, 11) is 1.72. The molecule has 3 aromatic heterocycles. The monoisotopic (exact) mass is 402 g/mol. The van der Waals surface area contributed by atoms with Crippen molar-refractivity contribution in [3.63, 3.8) is 0 Å². The molecule has 0 aliphatic heterocycles. The summed E-state index contributed by atoms with van der Waals surface area (Å²) < 4.78 is 80.0. The van der Waals surface area contributed by atoms with E-state index >= 15 is 0 Å². The first-order valence-electron chi connectivity index (χ1n) is 14.0. The molecule has 0 bridgehead atoms. The van der Waals surface area contributed by atoms with E-state index in [1.165, 1.54) is 12.1 Å². The Hall–Kier alpha value is -3.46. The van der Waals surface area contributed by atoms with Crippen molar-refractivity contribution in [2.24, 2.45) is 7.05 Å². The molecule has 30 heavy (non-hydrogen) atoms. The van der Waals surface area contributed by atoms with E-state index in [0.29, 0.717) is 38.7 Å². The highest BCUT2D eigenvalue weighted by Gasteiger charge is 2.24. The van der Waals surface area contributed by atoms with Crippen molar-refractivity contribution in [3.05, 3.63) is 83.2 Å². The molecule has 5 rings (SSSR count). The van der Waals surface area contributed by atoms with Crippen molar-refractivity contribution < 1.29 is 21.3 Å². The Kier molecular flexibility index (Phi) is 2.51. The lowest BCUT2D eigenvalue weighted by molar-refractivity contribution is -0.660. The summed E-state index contributed by atoms with van der Waals surface area (Å²) in [5.41, 5.74) is 3.29. The number of aryl methyl sites for hydroxylation is 5. The summed E-state index contributed by atoms with van der Waals surface area (Å²) >= 11 is 0. The second-order valence-electron chi connectivity index (χ2n) is 7.43. The molecule has 0 aliphatic carbocycles. The van der Waals surface area contributed by atoms with Gasteiger partial charge in [-0.1, -0.05) is 36.4 Å². The first-order chi connectivity index (χ1) is 18.1. The number of rotatable bonds is 2. The Morgan fingerprint density at radius 3 is 2.53 bits per heavy atom. The fourth-order valence-corrected chi connectivity index (χ4v) is 4.03. The molecule has 2 aromatic carbocycles. The van der Waals surface area contributed by atoms with E-state index in [9.17, 15) is 0 Å². The average molecular weight is 403 g/mol. The zero-order valence-electron chi connectivity index (χ0n) is 25.6. The molecule has 0 spiro atoms. The topological polar surface area (TPSA) is 29.9 Å². The highest BCUT2D eigenvalue weighted by atomic mass is 16.3. The zero-order valence-corrected chi connectivity index (χ0v) is 16.6. The van der Waals surface area contributed by atoms with E-state index in [1.54, 1.807) is 36.9 Å². The summed E-state index contributed by atoms with van der Waals surface area (Å²) in [4.78, 5) is 4.21. The second kappa shape index (κ2) is 6.81. The lowest BCUT2D eigenvalue weighted by Gasteiger charge is -2.11. The molecule has 3 heteroatoms. The Morgan fingerprint density at radius 2 is 1.77 bits per heavy atom. The van der Waals surface area contributed by atoms with Crippen LogP contribution < -0.4 is 4.57 Å². The quantitative estimate of drug-likeness (QED) is 0.321. The SMILES string of the molecule is [2H]C([2H])([2H])c1ccc2c(n1)oc1c(-c3cc(-c4ccccc4)c(C([2H])([2H])[2H])c[n+]3C)c(C)cc(C([2H])([2H])[2H])c12. The van der Waals surface area contributed by atoms with E-state index in [0.717, 1.165) is 0 Å². The van der Waals surface area contributed by atoms with Gasteiger partial charge in [-0.05, 0) is 61.9 Å². The minimum Gasteiger partial charge on any atom is -0.437 e. The van der Waals surface area contributed by atoms with Crippen LogP contribution in [-0.4, -0.2) is 4.98 Å². The van der Waals surface area contributed by atoms with Crippen molar-refractivity contribution >= 4 is 22.1 Å². The van der Waals surface area contributed by atoms with Crippen molar-refractivity contribution in [1.29, 1.82) is 0 Å². The molecule has 0 aliphatic rings. The van der Waals surface area contributed by atoms with Gasteiger partial charge < -0.3 is 4.42 Å². The van der Waals surface area contributed by atoms with Crippen LogP contribution in [0.2, 0.25) is 0 Å². The largest absolute Gasteiger partial charge is 0.437 e. The van der Waals surface area contributed by atoms with E-state index in [-0.39, 0.29) is 28.1 Å². The molecule has 148 valence electrons. The maximum Gasteiger partial charge on any atom is 0.227 e. The Morgan fingerprint density at radius 1 is 0.933 bits per heavy atom. The number of hydrogen-bond donors (Lipinski definition) is 0. The van der Waals surface area contributed by atoms with Gasteiger partial charge in [0.1, 0.15) is 7.05 Å². The standard InChI is InChI=1S/C27H25N2O/c1-16-13-17(2)25(26-24(16)21-12-11-19(4)28-27(21)30-26)23-14-22(18(3)15-29(23)5)20-9-7-6-8-10-20/h6-15H,1-5H3/q+1/i1D3,3D3,4D3. The fraction of sp³-hybridized carbons (Fsp3) is 0.185. The molecule has 3 nitrogen and oxygen atoms in total. The average Bonchev–Trinajstić information content (AvgIpc) is 3.21. The van der Waals surface area contributed by atoms with Crippen LogP contribution in [0.4, 0.5) is 0 Å². The summed E-state index contributed by atoms with van der Waals surface area (Å²) in [6.07, 6.45) is 1.56. The van der Waals surface area contributed by atoms with Crippen molar-refractivity contribution in [2.45, 2.75) is 27.5 Å². The van der Waals surface area contributed by atoms with Gasteiger partial charge in [0.2, 0.25) is 11.4 Å². The van der Waals surface area contributed by atoms with E-state index in [2.05, 4.69) is 4.98 Å². The van der Waals surface area contributed by atoms with Gasteiger partial charge in [-0.2, -0.15) is 0 Å². The Bertz CT molecular complexity index is 1730. The predicted molar refractivity (Wildman–Crippen MR) is 123 cm³/mol. The summed E-state index contributed by atoms with van der Waals surface area (Å²) in [6.45, 7) is -5.57. The van der Waals surface area contributed by atoms with E-state index < -0.39 is 20.6 Å². The molecule has 0 saturated heterocycles. The van der Waals surface area contributed by atoms with Gasteiger partial charge in [0, 0.05) is 40.4 Å². The maximum absolute atomic E-state index is 8.18. The Balaban J connectivity index is 1.91. The molecule has 0 N–H and O–H groups in total. The third kappa shape index (κ3) is 2.81. The van der Waals surface area contributed by atoms with Crippen molar-refractivity contribution in [1.82, 2.24) is 4.98 Å². The lowest BCUT2D eigenvalue weighted by atomic mass is 9.94. The normalized spacial score (nSPS) is 17.2. The van der Waals surface area contributed by atoms with Crippen LogP contribution in [0, 0.1) is 27.5 Å². The van der Waals surface area contributed by atoms with E-state index in [1.807, 2.05) is 30.3 Å². The Labute approximate surface area is 189 Å². The van der Waals surface area contributed by atoms with Gasteiger partial charge in [0.25, 0.3) is 0 Å². The van der Waals surface area contributed by atoms with Gasteiger partial charge in [0.15, 0.2) is 11.8 Å². The molecule has 0 amide bonds. The number of furan rings is 1. The lowest BCUT2D eigenvalue weighted by Crippen LogP contribution is -2.31. The number of nitrogens with zero attached hydrogens (tertiary/aromatic N) is 2. The highest BCUT2D eigenvalue weighted by molar-refractivity contribution is 6.10. The molecule has 0 atom stereocenters. The van der Waals surface area contributed by atoms with Gasteiger partial charge in [0.05, 0.1) is 5.56 Å². The molecular weight excluding hydrogens is 368 g/mol. The molecule has 0 unspecified atom stereocenters. The first-order valence-corrected chi connectivity index (χ1v) is 9.55. The summed E-state index contributed by atoms with van der Waals surface area (Å²) in [6, 6.07) is 15.4. The molecule has 0 saturated carbocycles. The number of hydrogen-bond acceptors (Lipinski definition) is 2. The van der Waals surface area contributed by atoms with Crippen LogP contribution in [-0.2, 0) is 7.05 Å². The maximum atomic E-state index is 8.18. The number of aromatic nitrogens is 2. The van der Waals surface area contributed by atoms with Crippen molar-refractivity contribution in [3.8, 4) is 22.4 Å². The van der Waals surface area contributed by atoms with Gasteiger partial charge in [-0.15, -0.1) is 0 Å². The summed E-state index contributed by atoms with van der Waals surface area (Å²) in [5.74, 6) is 0. The molecule has 5 aromatic rings. The molecular formula is C27H25N2O+. The van der Waals surface area contributed by atoms with Crippen LogP contribution in [0.1, 0.15) is 34.7 Å². The fourth-order valence-electron chi connectivity index (χ4n) is 4.03. The van der Waals surface area contributed by atoms with Gasteiger partial charge in [-0.25, -0.2) is 9.55 Å². The third-order valence-electron chi connectivity index (χ3n) is 5.42. The van der Waals surface area contributed by atoms with Gasteiger partial charge >= 0.3 is 0 Å². The number of pyridine rings is 2. The third-order valence-corrected chi connectivity index (χ3v) is 5.42. The van der Waals surface area contributed by atoms with Crippen molar-refractivity contribution in [2.75, 3.05) is 0 Å². The zero-order chi connectivity index (χ0) is 28.5. The molecule has 0 radical (unpaired) electrons. The van der Waals surface area contributed by atoms with Crippen LogP contribution in [0.5, 0.6) is 0 Å². The minimum atomic E-state index is -2.48. The minimum absolute atomic E-state index is 0.0148. The van der Waals surface area contributed by atoms with Crippen LogP contribution in [0.15, 0.2) is 65.2 Å². The molecule has 3 heterocycles. The van der Waals surface area contributed by atoms with Gasteiger partial charge in [-0.3, -0.25) is 0 Å². The predicted octanol–water partition coefficient (Wildman–Crippen LogP) is 6.37. The van der Waals surface area contributed by atoms with Crippen LogP contribution in [0.3, 0.4) is 0 Å². The number of fused-ring (bicyclic) bond motifs is 3.